The molecule has 0 spiro atoms. The van der Waals surface area contributed by atoms with Crippen LogP contribution in [0.5, 0.6) is 0 Å². The van der Waals surface area contributed by atoms with Crippen molar-refractivity contribution in [1.82, 2.24) is 14.9 Å². The summed E-state index contributed by atoms with van der Waals surface area (Å²) < 4.78 is 10.6. The number of ether oxygens (including phenoxy) is 2. The molecular formula is C25H26N6O5S. The van der Waals surface area contributed by atoms with Gasteiger partial charge >= 0.3 is 6.03 Å². The largest absolute Gasteiger partial charge is 0.380 e. The molecule has 192 valence electrons. The normalized spacial score (nSPS) is 19.3. The van der Waals surface area contributed by atoms with E-state index in [0.29, 0.717) is 68.4 Å². The van der Waals surface area contributed by atoms with E-state index in [0.717, 1.165) is 23.3 Å². The number of nitrogens with zero attached hydrogens (tertiary/aromatic N) is 5. The van der Waals surface area contributed by atoms with Crippen LogP contribution in [0.15, 0.2) is 23.2 Å². The Balaban J connectivity index is 1.35. The number of amides is 3. The van der Waals surface area contributed by atoms with Crippen molar-refractivity contribution >= 4 is 41.6 Å². The zero-order chi connectivity index (χ0) is 25.8. The summed E-state index contributed by atoms with van der Waals surface area (Å²) >= 11 is 1.55. The van der Waals surface area contributed by atoms with Gasteiger partial charge in [0, 0.05) is 48.1 Å². The maximum atomic E-state index is 13.3. The molecule has 0 saturated carbocycles. The molecule has 2 fully saturated rings. The van der Waals surface area contributed by atoms with Crippen LogP contribution in [0.2, 0.25) is 0 Å². The highest BCUT2D eigenvalue weighted by Crippen LogP contribution is 2.33. The van der Waals surface area contributed by atoms with Crippen LogP contribution in [0.4, 0.5) is 16.4 Å². The summed E-state index contributed by atoms with van der Waals surface area (Å²) in [7, 11) is 0. The summed E-state index contributed by atoms with van der Waals surface area (Å²) in [5, 5.41) is 12.5. The highest BCUT2D eigenvalue weighted by atomic mass is 32.2. The van der Waals surface area contributed by atoms with E-state index in [4.69, 9.17) is 9.47 Å². The van der Waals surface area contributed by atoms with Gasteiger partial charge in [-0.2, -0.15) is 5.26 Å². The van der Waals surface area contributed by atoms with Gasteiger partial charge in [0.25, 0.3) is 0 Å². The highest BCUT2D eigenvalue weighted by molar-refractivity contribution is 8.00. The fraction of sp³-hybridized carbons (Fsp3) is 0.440. The standard InChI is InChI=1S/C25H26N6O5S/c26-10-18-11-27-22(9-21(18)37-19-3-6-35-14-19)29-25(34)31-4-1-2-16-8-17(20(13-32)28-24(16)31)12-30-5-7-36-15-23(30)33/h8-9,11,13,19H,1-7,12,14-15H2,(H,27,29,34)/t19-/m1/s1. The van der Waals surface area contributed by atoms with Crippen LogP contribution in [0, 0.1) is 11.3 Å². The third-order valence-corrected chi connectivity index (χ3v) is 7.78. The maximum Gasteiger partial charge on any atom is 0.328 e. The van der Waals surface area contributed by atoms with Crippen molar-refractivity contribution in [3.8, 4) is 6.07 Å². The van der Waals surface area contributed by atoms with Gasteiger partial charge in [-0.05, 0) is 37.0 Å². The van der Waals surface area contributed by atoms with Crippen molar-refractivity contribution in [3.63, 3.8) is 0 Å². The molecule has 3 aliphatic rings. The minimum absolute atomic E-state index is 0.0285. The van der Waals surface area contributed by atoms with Crippen molar-refractivity contribution in [1.29, 1.82) is 5.26 Å². The van der Waals surface area contributed by atoms with E-state index in [-0.39, 0.29) is 30.0 Å². The van der Waals surface area contributed by atoms with Crippen molar-refractivity contribution in [2.24, 2.45) is 0 Å². The van der Waals surface area contributed by atoms with Gasteiger partial charge in [-0.1, -0.05) is 0 Å². The molecule has 3 aliphatic heterocycles. The summed E-state index contributed by atoms with van der Waals surface area (Å²) in [5.41, 5.74) is 2.14. The number of morpholine rings is 1. The van der Waals surface area contributed by atoms with Crippen molar-refractivity contribution in [2.75, 3.05) is 49.7 Å². The smallest absolute Gasteiger partial charge is 0.328 e. The molecule has 11 nitrogen and oxygen atoms in total. The van der Waals surface area contributed by atoms with Crippen LogP contribution in [0.25, 0.3) is 0 Å². The molecule has 1 N–H and O–H groups in total. The topological polar surface area (TPSA) is 138 Å². The SMILES string of the molecule is N#Cc1cnc(NC(=O)N2CCCc3cc(CN4CCOCC4=O)c(C=O)nc32)cc1S[C@@H]1CCOC1. The minimum Gasteiger partial charge on any atom is -0.380 e. The first-order valence-electron chi connectivity index (χ1n) is 12.1. The minimum atomic E-state index is -0.418. The summed E-state index contributed by atoms with van der Waals surface area (Å²) in [4.78, 5) is 50.0. The second-order valence-corrected chi connectivity index (χ2v) is 10.3. The Hall–Kier alpha value is -3.53. The lowest BCUT2D eigenvalue weighted by Crippen LogP contribution is -2.42. The first-order valence-corrected chi connectivity index (χ1v) is 13.0. The number of aldehydes is 1. The third kappa shape index (κ3) is 5.58. The fourth-order valence-electron chi connectivity index (χ4n) is 4.56. The number of thioether (sulfide) groups is 1. The van der Waals surface area contributed by atoms with E-state index in [1.807, 2.05) is 6.07 Å². The fourth-order valence-corrected chi connectivity index (χ4v) is 5.70. The molecule has 2 aromatic heterocycles. The Kier molecular flexibility index (Phi) is 7.64. The van der Waals surface area contributed by atoms with Gasteiger partial charge in [0.15, 0.2) is 6.29 Å². The number of hydrogen-bond acceptors (Lipinski definition) is 9. The number of anilines is 2. The van der Waals surface area contributed by atoms with Crippen LogP contribution in [-0.4, -0.2) is 77.9 Å². The number of aryl methyl sites for hydroxylation is 1. The Morgan fingerprint density at radius 2 is 2.19 bits per heavy atom. The summed E-state index contributed by atoms with van der Waals surface area (Å²) in [5.74, 6) is 0.625. The summed E-state index contributed by atoms with van der Waals surface area (Å²) in [6.45, 7) is 2.95. The molecule has 2 saturated heterocycles. The Bertz CT molecular complexity index is 1260. The molecule has 5 rings (SSSR count). The first-order chi connectivity index (χ1) is 18.1. The number of carbonyl (C=O) groups excluding carboxylic acids is 3. The quantitative estimate of drug-likeness (QED) is 0.567. The molecule has 12 heteroatoms. The molecule has 3 amide bonds. The zero-order valence-corrected chi connectivity index (χ0v) is 21.0. The van der Waals surface area contributed by atoms with Gasteiger partial charge < -0.3 is 14.4 Å². The number of fused-ring (bicyclic) bond motifs is 1. The summed E-state index contributed by atoms with van der Waals surface area (Å²) in [6.07, 6.45) is 4.44. The second kappa shape index (κ2) is 11.2. The third-order valence-electron chi connectivity index (χ3n) is 6.48. The van der Waals surface area contributed by atoms with Crippen LogP contribution in [-0.2, 0) is 27.2 Å². The average Bonchev–Trinajstić information content (AvgIpc) is 3.42. The van der Waals surface area contributed by atoms with Gasteiger partial charge in [-0.15, -0.1) is 11.8 Å². The molecular weight excluding hydrogens is 496 g/mol. The lowest BCUT2D eigenvalue weighted by molar-refractivity contribution is -0.143. The Morgan fingerprint density at radius 1 is 1.30 bits per heavy atom. The predicted octanol–water partition coefficient (Wildman–Crippen LogP) is 2.39. The van der Waals surface area contributed by atoms with E-state index in [2.05, 4.69) is 21.4 Å². The van der Waals surface area contributed by atoms with Crippen molar-refractivity contribution in [2.45, 2.75) is 36.0 Å². The van der Waals surface area contributed by atoms with E-state index in [1.165, 1.54) is 11.1 Å². The van der Waals surface area contributed by atoms with Crippen molar-refractivity contribution in [3.05, 3.63) is 40.7 Å². The number of nitriles is 1. The lowest BCUT2D eigenvalue weighted by atomic mass is 10.0. The lowest BCUT2D eigenvalue weighted by Gasteiger charge is -2.30. The van der Waals surface area contributed by atoms with Gasteiger partial charge in [-0.3, -0.25) is 19.8 Å². The van der Waals surface area contributed by atoms with Crippen molar-refractivity contribution < 1.29 is 23.9 Å². The first kappa shape index (κ1) is 25.1. The second-order valence-electron chi connectivity index (χ2n) is 8.97. The number of carbonyl (C=O) groups is 3. The number of pyridine rings is 2. The molecule has 1 atom stereocenters. The Morgan fingerprint density at radius 3 is 2.95 bits per heavy atom. The molecule has 0 unspecified atom stereocenters. The highest BCUT2D eigenvalue weighted by Gasteiger charge is 2.28. The zero-order valence-electron chi connectivity index (χ0n) is 20.1. The van der Waals surface area contributed by atoms with Crippen LogP contribution in [0.1, 0.15) is 40.0 Å². The Labute approximate surface area is 218 Å². The van der Waals surface area contributed by atoms with Crippen LogP contribution in [0.3, 0.4) is 0 Å². The average molecular weight is 523 g/mol. The molecule has 0 aliphatic carbocycles. The molecule has 5 heterocycles. The molecule has 0 radical (unpaired) electrons. The number of rotatable bonds is 6. The van der Waals surface area contributed by atoms with Crippen LogP contribution >= 0.6 is 11.8 Å². The number of nitrogens with one attached hydrogen (secondary N) is 1. The van der Waals surface area contributed by atoms with Gasteiger partial charge in [0.1, 0.15) is 30.0 Å². The van der Waals surface area contributed by atoms with Crippen LogP contribution < -0.4 is 10.2 Å². The molecule has 0 aromatic carbocycles. The number of aromatic nitrogens is 2. The van der Waals surface area contributed by atoms with E-state index >= 15 is 0 Å². The summed E-state index contributed by atoms with van der Waals surface area (Å²) in [6, 6.07) is 5.31. The number of urea groups is 1. The van der Waals surface area contributed by atoms with E-state index < -0.39 is 6.03 Å². The maximum absolute atomic E-state index is 13.3. The molecule has 2 aromatic rings. The van der Waals surface area contributed by atoms with Gasteiger partial charge in [0.2, 0.25) is 5.91 Å². The van der Waals surface area contributed by atoms with E-state index in [9.17, 15) is 19.6 Å². The monoisotopic (exact) mass is 522 g/mol. The van der Waals surface area contributed by atoms with E-state index in [1.54, 1.807) is 22.7 Å². The van der Waals surface area contributed by atoms with Gasteiger partial charge in [0.05, 0.1) is 18.8 Å². The van der Waals surface area contributed by atoms with Gasteiger partial charge in [-0.25, -0.2) is 14.8 Å². The predicted molar refractivity (Wildman–Crippen MR) is 135 cm³/mol. The molecule has 37 heavy (non-hydrogen) atoms. The molecule has 0 bridgehead atoms. The number of hydrogen-bond donors (Lipinski definition) is 1.